The van der Waals surface area contributed by atoms with Gasteiger partial charge in [-0.25, -0.2) is 8.42 Å². The van der Waals surface area contributed by atoms with Crippen LogP contribution in [0.15, 0.2) is 72.8 Å². The Morgan fingerprint density at radius 1 is 0.929 bits per heavy atom. The molecule has 0 spiro atoms. The number of aryl methyl sites for hydroxylation is 1. The molecule has 4 rings (SSSR count). The Hall–Kier alpha value is -4.05. The minimum absolute atomic E-state index is 0.0385. The third-order valence-corrected chi connectivity index (χ3v) is 8.90. The minimum atomic E-state index is -3.87. The monoisotopic (exact) mass is 593 g/mol. The number of sulfonamides is 1. The summed E-state index contributed by atoms with van der Waals surface area (Å²) in [5.74, 6) is -0.0618. The molecule has 3 aromatic rings. The first-order valence-corrected chi connectivity index (χ1v) is 15.9. The summed E-state index contributed by atoms with van der Waals surface area (Å²) in [6.07, 6.45) is 2.00. The fourth-order valence-electron chi connectivity index (χ4n) is 4.83. The van der Waals surface area contributed by atoms with Crippen molar-refractivity contribution in [2.45, 2.75) is 52.6 Å². The van der Waals surface area contributed by atoms with Crippen molar-refractivity contribution in [3.05, 3.63) is 89.5 Å². The number of hydrogen-bond donors (Lipinski definition) is 1. The van der Waals surface area contributed by atoms with Gasteiger partial charge in [-0.3, -0.25) is 13.9 Å². The van der Waals surface area contributed by atoms with E-state index in [1.165, 1.54) is 11.8 Å². The lowest BCUT2D eigenvalue weighted by Crippen LogP contribution is -2.53. The molecule has 0 aliphatic carbocycles. The maximum Gasteiger partial charge on any atom is 0.244 e. The van der Waals surface area contributed by atoms with E-state index in [9.17, 15) is 18.0 Å². The highest BCUT2D eigenvalue weighted by atomic mass is 32.2. The van der Waals surface area contributed by atoms with E-state index in [1.807, 2.05) is 68.4 Å². The van der Waals surface area contributed by atoms with Crippen molar-refractivity contribution in [1.82, 2.24) is 10.2 Å². The molecule has 224 valence electrons. The largest absolute Gasteiger partial charge is 0.454 e. The summed E-state index contributed by atoms with van der Waals surface area (Å²) in [5.41, 5.74) is 3.04. The lowest BCUT2D eigenvalue weighted by atomic mass is 10.0. The molecular weight excluding hydrogens is 554 g/mol. The topological polar surface area (TPSA) is 105 Å². The van der Waals surface area contributed by atoms with Crippen molar-refractivity contribution in [2.75, 3.05) is 29.9 Å². The molecule has 3 aromatic carbocycles. The fraction of sp³-hybridized carbons (Fsp3) is 0.375. The van der Waals surface area contributed by atoms with Crippen LogP contribution in [0.5, 0.6) is 11.5 Å². The van der Waals surface area contributed by atoms with Crippen molar-refractivity contribution in [3.63, 3.8) is 0 Å². The van der Waals surface area contributed by atoms with E-state index < -0.39 is 28.5 Å². The van der Waals surface area contributed by atoms with E-state index >= 15 is 0 Å². The summed E-state index contributed by atoms with van der Waals surface area (Å²) in [6, 6.07) is 21.2. The summed E-state index contributed by atoms with van der Waals surface area (Å²) in [4.78, 5) is 29.5. The number of unbranched alkanes of at least 4 members (excludes halogenated alkanes) is 1. The number of benzene rings is 3. The lowest BCUT2D eigenvalue weighted by Gasteiger charge is -2.34. The van der Waals surface area contributed by atoms with Crippen molar-refractivity contribution < 1.29 is 27.5 Å². The second-order valence-corrected chi connectivity index (χ2v) is 12.5. The molecule has 0 bridgehead atoms. The molecule has 1 heterocycles. The first-order chi connectivity index (χ1) is 20.2. The van der Waals surface area contributed by atoms with Crippen molar-refractivity contribution in [3.8, 4) is 11.5 Å². The van der Waals surface area contributed by atoms with Gasteiger partial charge in [0.1, 0.15) is 12.6 Å². The highest BCUT2D eigenvalue weighted by Crippen LogP contribution is 2.36. The number of anilines is 1. The molecule has 1 aliphatic heterocycles. The van der Waals surface area contributed by atoms with Crippen LogP contribution in [-0.4, -0.2) is 56.8 Å². The average Bonchev–Trinajstić information content (AvgIpc) is 3.46. The number of fused-ring (bicyclic) bond motifs is 1. The quantitative estimate of drug-likeness (QED) is 0.277. The van der Waals surface area contributed by atoms with E-state index in [1.54, 1.807) is 18.2 Å². The molecule has 10 heteroatoms. The number of carbonyl (C=O) groups excluding carboxylic acids is 2. The molecule has 9 nitrogen and oxygen atoms in total. The second kappa shape index (κ2) is 14.2. The predicted octanol–water partition coefficient (Wildman–Crippen LogP) is 4.44. The van der Waals surface area contributed by atoms with Gasteiger partial charge >= 0.3 is 0 Å². The number of nitrogens with zero attached hydrogens (tertiary/aromatic N) is 2. The van der Waals surface area contributed by atoms with Crippen LogP contribution in [0.3, 0.4) is 0 Å². The number of nitrogens with one attached hydrogen (secondary N) is 1. The zero-order chi connectivity index (χ0) is 30.1. The molecule has 0 saturated carbocycles. The number of ether oxygens (including phenoxy) is 2. The first-order valence-electron chi connectivity index (χ1n) is 14.3. The van der Waals surface area contributed by atoms with Crippen molar-refractivity contribution in [2.24, 2.45) is 0 Å². The summed E-state index contributed by atoms with van der Waals surface area (Å²) < 4.78 is 38.6. The second-order valence-electron chi connectivity index (χ2n) is 10.3. The van der Waals surface area contributed by atoms with Gasteiger partial charge in [-0.1, -0.05) is 73.5 Å². The van der Waals surface area contributed by atoms with Crippen LogP contribution in [0.1, 0.15) is 43.4 Å². The molecule has 1 atom stereocenters. The normalized spacial score (nSPS) is 12.9. The average molecular weight is 594 g/mol. The minimum Gasteiger partial charge on any atom is -0.454 e. The molecule has 1 aliphatic rings. The van der Waals surface area contributed by atoms with Gasteiger partial charge in [0.15, 0.2) is 11.5 Å². The molecule has 0 saturated heterocycles. The summed E-state index contributed by atoms with van der Waals surface area (Å²) in [7, 11) is -3.87. The van der Waals surface area contributed by atoms with Gasteiger partial charge in [0.05, 0.1) is 11.4 Å². The Labute approximate surface area is 248 Å². The number of carbonyl (C=O) groups is 2. The smallest absolute Gasteiger partial charge is 0.244 e. The van der Waals surface area contributed by atoms with Crippen LogP contribution in [0.25, 0.3) is 0 Å². The predicted molar refractivity (Wildman–Crippen MR) is 163 cm³/mol. The van der Waals surface area contributed by atoms with Gasteiger partial charge in [-0.2, -0.15) is 0 Å². The van der Waals surface area contributed by atoms with Gasteiger partial charge in [-0.05, 0) is 43.5 Å². The highest BCUT2D eigenvalue weighted by Gasteiger charge is 2.34. The maximum absolute atomic E-state index is 14.3. The third kappa shape index (κ3) is 7.82. The van der Waals surface area contributed by atoms with E-state index in [0.29, 0.717) is 18.0 Å². The van der Waals surface area contributed by atoms with Gasteiger partial charge in [0.2, 0.25) is 28.6 Å². The maximum atomic E-state index is 14.3. The van der Waals surface area contributed by atoms with Crippen molar-refractivity contribution in [1.29, 1.82) is 0 Å². The van der Waals surface area contributed by atoms with Gasteiger partial charge in [-0.15, -0.1) is 0 Å². The molecule has 1 N–H and O–H groups in total. The number of hydrogen-bond acceptors (Lipinski definition) is 6. The lowest BCUT2D eigenvalue weighted by molar-refractivity contribution is -0.140. The summed E-state index contributed by atoms with van der Waals surface area (Å²) in [6.45, 7) is 5.72. The van der Waals surface area contributed by atoms with E-state index in [-0.39, 0.29) is 37.1 Å². The summed E-state index contributed by atoms with van der Waals surface area (Å²) >= 11 is 0. The third-order valence-electron chi connectivity index (χ3n) is 7.16. The van der Waals surface area contributed by atoms with Crippen LogP contribution >= 0.6 is 0 Å². The standard InChI is InChI=1S/C32H39N3O6S/c1-4-6-17-33-32(37)28(19-25-12-8-7-9-13-25)34(21-26-14-10-11-24(3)18-26)31(36)22-35(42(38,39)5-2)27-15-16-29-30(20-27)41-23-40-29/h7-16,18,20,28H,4-6,17,19,21-23H2,1-3H3,(H,33,37)/t28-/m1/s1. The molecular formula is C32H39N3O6S. The Balaban J connectivity index is 1.73. The van der Waals surface area contributed by atoms with Crippen LogP contribution in [0, 0.1) is 6.92 Å². The van der Waals surface area contributed by atoms with Gasteiger partial charge < -0.3 is 19.7 Å². The van der Waals surface area contributed by atoms with Crippen molar-refractivity contribution >= 4 is 27.5 Å². The fourth-order valence-corrected chi connectivity index (χ4v) is 5.88. The molecule has 0 aromatic heterocycles. The Bertz CT molecular complexity index is 1480. The van der Waals surface area contributed by atoms with Gasteiger partial charge in [0.25, 0.3) is 0 Å². The van der Waals surface area contributed by atoms with Crippen LogP contribution < -0.4 is 19.1 Å². The molecule has 0 fully saturated rings. The Morgan fingerprint density at radius 3 is 2.38 bits per heavy atom. The summed E-state index contributed by atoms with van der Waals surface area (Å²) in [5, 5.41) is 3.00. The highest BCUT2D eigenvalue weighted by molar-refractivity contribution is 7.92. The number of rotatable bonds is 14. The molecule has 42 heavy (non-hydrogen) atoms. The van der Waals surface area contributed by atoms with E-state index in [2.05, 4.69) is 5.32 Å². The SMILES string of the molecule is CCCCNC(=O)[C@@H](Cc1ccccc1)N(Cc1cccc(C)c1)C(=O)CN(c1ccc2c(c1)OCO2)S(=O)(=O)CC. The van der Waals surface area contributed by atoms with Crippen LogP contribution in [-0.2, 0) is 32.6 Å². The van der Waals surface area contributed by atoms with E-state index in [4.69, 9.17) is 9.47 Å². The Kier molecular flexibility index (Phi) is 10.5. The zero-order valence-corrected chi connectivity index (χ0v) is 25.2. The molecule has 2 amide bonds. The Morgan fingerprint density at radius 2 is 1.67 bits per heavy atom. The number of amides is 2. The molecule has 0 radical (unpaired) electrons. The zero-order valence-electron chi connectivity index (χ0n) is 24.4. The van der Waals surface area contributed by atoms with Crippen LogP contribution in [0.4, 0.5) is 5.69 Å². The first kappa shape index (κ1) is 30.9. The van der Waals surface area contributed by atoms with E-state index in [0.717, 1.165) is 33.8 Å². The van der Waals surface area contributed by atoms with Gasteiger partial charge in [0, 0.05) is 25.6 Å². The van der Waals surface area contributed by atoms with Crippen LogP contribution in [0.2, 0.25) is 0 Å². The molecule has 0 unspecified atom stereocenters.